The molecule has 0 fully saturated rings. The zero-order valence-electron chi connectivity index (χ0n) is 10.9. The van der Waals surface area contributed by atoms with Crippen molar-refractivity contribution in [2.75, 3.05) is 11.9 Å². The molecule has 0 spiro atoms. The van der Waals surface area contributed by atoms with Gasteiger partial charge in [0.1, 0.15) is 4.99 Å². The number of hydrogen-bond donors (Lipinski definition) is 2. The van der Waals surface area contributed by atoms with Gasteiger partial charge in [-0.15, -0.1) is 0 Å². The molecule has 0 aromatic heterocycles. The smallest absolute Gasteiger partial charge is 0.104 e. The average molecular weight is 250 g/mol. The Hall–Kier alpha value is -1.09. The number of nitrogens with two attached hydrogens (primary N) is 1. The van der Waals surface area contributed by atoms with E-state index in [0.717, 1.165) is 29.3 Å². The largest absolute Gasteiger partial charge is 0.389 e. The van der Waals surface area contributed by atoms with Crippen LogP contribution < -0.4 is 11.1 Å². The molecule has 0 saturated heterocycles. The first-order chi connectivity index (χ1) is 8.00. The van der Waals surface area contributed by atoms with Gasteiger partial charge in [-0.25, -0.2) is 0 Å². The van der Waals surface area contributed by atoms with Crippen molar-refractivity contribution in [2.45, 2.75) is 33.6 Å². The fourth-order valence-electron chi connectivity index (χ4n) is 1.79. The van der Waals surface area contributed by atoms with Crippen molar-refractivity contribution < 1.29 is 0 Å². The molecule has 1 rings (SSSR count). The molecule has 94 valence electrons. The van der Waals surface area contributed by atoms with Crippen LogP contribution in [0.2, 0.25) is 0 Å². The van der Waals surface area contributed by atoms with Gasteiger partial charge in [-0.3, -0.25) is 0 Å². The van der Waals surface area contributed by atoms with Gasteiger partial charge in [0.25, 0.3) is 0 Å². The molecule has 1 aromatic rings. The van der Waals surface area contributed by atoms with Gasteiger partial charge < -0.3 is 11.1 Å². The molecule has 0 atom stereocenters. The SMILES string of the molecule is Cc1cc(NCCCC(C)C)ccc1C(N)=S. The van der Waals surface area contributed by atoms with Gasteiger partial charge in [0.05, 0.1) is 0 Å². The number of rotatable bonds is 6. The average Bonchev–Trinajstić information content (AvgIpc) is 2.23. The van der Waals surface area contributed by atoms with Crippen molar-refractivity contribution in [3.63, 3.8) is 0 Å². The predicted molar refractivity (Wildman–Crippen MR) is 79.6 cm³/mol. The molecule has 0 radical (unpaired) electrons. The minimum absolute atomic E-state index is 0.467. The first kappa shape index (κ1) is 14.0. The fraction of sp³-hybridized carbons (Fsp3) is 0.500. The van der Waals surface area contributed by atoms with Crippen LogP contribution in [0.4, 0.5) is 5.69 Å². The van der Waals surface area contributed by atoms with Crippen molar-refractivity contribution in [1.29, 1.82) is 0 Å². The maximum atomic E-state index is 5.63. The summed E-state index contributed by atoms with van der Waals surface area (Å²) in [5, 5.41) is 3.42. The first-order valence-electron chi connectivity index (χ1n) is 6.15. The van der Waals surface area contributed by atoms with Crippen molar-refractivity contribution in [1.82, 2.24) is 0 Å². The molecule has 0 aliphatic rings. The third-order valence-electron chi connectivity index (χ3n) is 2.78. The van der Waals surface area contributed by atoms with Crippen molar-refractivity contribution in [2.24, 2.45) is 11.7 Å². The van der Waals surface area contributed by atoms with E-state index >= 15 is 0 Å². The highest BCUT2D eigenvalue weighted by molar-refractivity contribution is 7.80. The second-order valence-electron chi connectivity index (χ2n) is 4.86. The second kappa shape index (κ2) is 6.60. The Morgan fingerprint density at radius 1 is 1.41 bits per heavy atom. The third kappa shape index (κ3) is 4.73. The normalized spacial score (nSPS) is 10.6. The Bertz CT molecular complexity index is 386. The van der Waals surface area contributed by atoms with Crippen LogP contribution in [-0.4, -0.2) is 11.5 Å². The van der Waals surface area contributed by atoms with Gasteiger partial charge in [0, 0.05) is 17.8 Å². The van der Waals surface area contributed by atoms with E-state index in [4.69, 9.17) is 18.0 Å². The van der Waals surface area contributed by atoms with Crippen LogP contribution in [0.25, 0.3) is 0 Å². The monoisotopic (exact) mass is 250 g/mol. The summed E-state index contributed by atoms with van der Waals surface area (Å²) >= 11 is 4.99. The van der Waals surface area contributed by atoms with Crippen LogP contribution in [-0.2, 0) is 0 Å². The summed E-state index contributed by atoms with van der Waals surface area (Å²) in [4.78, 5) is 0.467. The van der Waals surface area contributed by atoms with Crippen LogP contribution >= 0.6 is 12.2 Å². The second-order valence-corrected chi connectivity index (χ2v) is 5.30. The summed E-state index contributed by atoms with van der Waals surface area (Å²) in [5.74, 6) is 0.774. The molecule has 2 nitrogen and oxygen atoms in total. The highest BCUT2D eigenvalue weighted by Crippen LogP contribution is 2.15. The molecule has 0 aliphatic carbocycles. The summed E-state index contributed by atoms with van der Waals surface area (Å²) in [6.07, 6.45) is 2.46. The minimum Gasteiger partial charge on any atom is -0.389 e. The number of hydrogen-bond acceptors (Lipinski definition) is 2. The van der Waals surface area contributed by atoms with Crippen molar-refractivity contribution in [3.05, 3.63) is 29.3 Å². The molecule has 0 aliphatic heterocycles. The predicted octanol–water partition coefficient (Wildman–Crippen LogP) is 3.48. The van der Waals surface area contributed by atoms with Gasteiger partial charge in [0.2, 0.25) is 0 Å². The van der Waals surface area contributed by atoms with E-state index in [1.807, 2.05) is 19.1 Å². The lowest BCUT2D eigenvalue weighted by Gasteiger charge is -2.10. The molecule has 3 N–H and O–H groups in total. The van der Waals surface area contributed by atoms with E-state index in [2.05, 4.69) is 25.2 Å². The maximum Gasteiger partial charge on any atom is 0.104 e. The first-order valence-corrected chi connectivity index (χ1v) is 6.56. The quantitative estimate of drug-likeness (QED) is 0.599. The lowest BCUT2D eigenvalue weighted by Crippen LogP contribution is -2.11. The molecule has 0 saturated carbocycles. The Kier molecular flexibility index (Phi) is 5.42. The topological polar surface area (TPSA) is 38.0 Å². The summed E-state index contributed by atoms with van der Waals surface area (Å²) in [7, 11) is 0. The summed E-state index contributed by atoms with van der Waals surface area (Å²) in [6.45, 7) is 7.56. The number of benzene rings is 1. The van der Waals surface area contributed by atoms with Gasteiger partial charge in [-0.05, 0) is 49.4 Å². The van der Waals surface area contributed by atoms with Crippen LogP contribution in [0.5, 0.6) is 0 Å². The number of thiocarbonyl (C=S) groups is 1. The van der Waals surface area contributed by atoms with Crippen LogP contribution in [0.15, 0.2) is 18.2 Å². The van der Waals surface area contributed by atoms with Crippen molar-refractivity contribution in [3.8, 4) is 0 Å². The van der Waals surface area contributed by atoms with Gasteiger partial charge in [0.15, 0.2) is 0 Å². The summed E-state index contributed by atoms with van der Waals surface area (Å²) in [5.41, 5.74) is 8.87. The molecule has 0 bridgehead atoms. The van der Waals surface area contributed by atoms with Gasteiger partial charge >= 0.3 is 0 Å². The maximum absolute atomic E-state index is 5.63. The molecule has 0 heterocycles. The zero-order chi connectivity index (χ0) is 12.8. The lowest BCUT2D eigenvalue weighted by atomic mass is 10.1. The van der Waals surface area contributed by atoms with Crippen LogP contribution in [0, 0.1) is 12.8 Å². The molecule has 0 amide bonds. The zero-order valence-corrected chi connectivity index (χ0v) is 11.7. The highest BCUT2D eigenvalue weighted by atomic mass is 32.1. The van der Waals surface area contributed by atoms with Gasteiger partial charge in [-0.2, -0.15) is 0 Å². The Morgan fingerprint density at radius 3 is 2.65 bits per heavy atom. The van der Waals surface area contributed by atoms with Crippen LogP contribution in [0.1, 0.15) is 37.8 Å². The standard InChI is InChI=1S/C14H22N2S/c1-10(2)5-4-8-16-12-6-7-13(14(15)17)11(3)9-12/h6-7,9-10,16H,4-5,8H2,1-3H3,(H2,15,17). The highest BCUT2D eigenvalue weighted by Gasteiger charge is 2.02. The molecule has 17 heavy (non-hydrogen) atoms. The van der Waals surface area contributed by atoms with E-state index in [1.54, 1.807) is 0 Å². The minimum atomic E-state index is 0.467. The fourth-order valence-corrected chi connectivity index (χ4v) is 2.02. The molecule has 0 unspecified atom stereocenters. The summed E-state index contributed by atoms with van der Waals surface area (Å²) in [6, 6.07) is 6.13. The summed E-state index contributed by atoms with van der Waals surface area (Å²) < 4.78 is 0. The number of aryl methyl sites for hydroxylation is 1. The lowest BCUT2D eigenvalue weighted by molar-refractivity contribution is 0.567. The molecule has 3 heteroatoms. The van der Waals surface area contributed by atoms with E-state index in [0.29, 0.717) is 4.99 Å². The molecular formula is C14H22N2S. The Balaban J connectivity index is 2.50. The van der Waals surface area contributed by atoms with E-state index < -0.39 is 0 Å². The third-order valence-corrected chi connectivity index (χ3v) is 3.00. The molecule has 1 aromatic carbocycles. The van der Waals surface area contributed by atoms with E-state index in [-0.39, 0.29) is 0 Å². The van der Waals surface area contributed by atoms with Crippen molar-refractivity contribution >= 4 is 22.9 Å². The number of anilines is 1. The number of nitrogens with one attached hydrogen (secondary N) is 1. The van der Waals surface area contributed by atoms with Crippen LogP contribution in [0.3, 0.4) is 0 Å². The Labute approximate surface area is 110 Å². The van der Waals surface area contributed by atoms with E-state index in [1.165, 1.54) is 12.8 Å². The van der Waals surface area contributed by atoms with E-state index in [9.17, 15) is 0 Å². The molecular weight excluding hydrogens is 228 g/mol. The Morgan fingerprint density at radius 2 is 2.12 bits per heavy atom. The van der Waals surface area contributed by atoms with Gasteiger partial charge in [-0.1, -0.05) is 26.1 Å².